The largest absolute Gasteiger partial charge is 2.00 e. The maximum Gasteiger partial charge on any atom is 2.00 e. The van der Waals surface area contributed by atoms with Crippen LogP contribution in [0.4, 0.5) is 0 Å². The SMILES string of the molecule is OB(O)O.[O-][Si]([O-])(O)O.[Pb+2]. The fourth-order valence-corrected chi connectivity index (χ4v) is 0. The molecule has 10 heteroatoms. The molecule has 2 radical (unpaired) electrons. The molecule has 0 aliphatic rings. The zero-order valence-corrected chi connectivity index (χ0v) is 9.52. The quantitative estimate of drug-likeness (QED) is 0.269. The Morgan fingerprint density at radius 3 is 1.00 bits per heavy atom. The van der Waals surface area contributed by atoms with Crippen molar-refractivity contribution in [2.45, 2.75) is 0 Å². The summed E-state index contributed by atoms with van der Waals surface area (Å²) in [6.07, 6.45) is 0. The molecule has 0 amide bonds. The van der Waals surface area contributed by atoms with Crippen LogP contribution in [-0.2, 0) is 0 Å². The topological polar surface area (TPSA) is 147 Å². The van der Waals surface area contributed by atoms with Crippen LogP contribution in [0.15, 0.2) is 0 Å². The predicted octanol–water partition coefficient (Wildman–Crippen LogP) is -6.31. The fraction of sp³-hybridized carbons (Fsp3) is 0. The second-order valence-corrected chi connectivity index (χ2v) is 1.99. The van der Waals surface area contributed by atoms with Crippen molar-refractivity contribution >= 4 is 43.7 Å². The first kappa shape index (κ1) is 17.1. The van der Waals surface area contributed by atoms with Crippen molar-refractivity contribution in [1.29, 1.82) is 0 Å². The third-order valence-corrected chi connectivity index (χ3v) is 0. The van der Waals surface area contributed by atoms with Gasteiger partial charge in [-0.15, -0.1) is 0 Å². The van der Waals surface area contributed by atoms with Gasteiger partial charge in [0.2, 0.25) is 0 Å². The van der Waals surface area contributed by atoms with Crippen molar-refractivity contribution in [3.05, 3.63) is 0 Å². The Bertz CT molecular complexity index is 50.4. The fourth-order valence-electron chi connectivity index (χ4n) is 0. The summed E-state index contributed by atoms with van der Waals surface area (Å²) >= 11 is 0. The van der Waals surface area contributed by atoms with Gasteiger partial charge in [-0.1, -0.05) is 0 Å². The average Bonchev–Trinajstić information content (AvgIpc) is 1.19. The van der Waals surface area contributed by atoms with Crippen LogP contribution in [-0.4, -0.2) is 68.3 Å². The molecule has 0 saturated carbocycles. The number of hydrogen-bond acceptors (Lipinski definition) is 7. The van der Waals surface area contributed by atoms with Gasteiger partial charge in [-0.3, -0.25) is 0 Å². The van der Waals surface area contributed by atoms with Crippen LogP contribution >= 0.6 is 0 Å². The van der Waals surface area contributed by atoms with Crippen LogP contribution in [0.1, 0.15) is 0 Å². The van der Waals surface area contributed by atoms with Gasteiger partial charge in [0.25, 0.3) is 0 Å². The minimum atomic E-state index is -5.11. The molecule has 0 unspecified atom stereocenters. The number of hydrogen-bond donors (Lipinski definition) is 5. The minimum Gasteiger partial charge on any atom is -0.828 e. The normalized spacial score (nSPS) is 8.70. The Balaban J connectivity index is -0.0000000910. The van der Waals surface area contributed by atoms with Gasteiger partial charge in [0.05, 0.1) is 0 Å². The third-order valence-electron chi connectivity index (χ3n) is 0. The summed E-state index contributed by atoms with van der Waals surface area (Å²) in [7, 11) is -7.28. The Kier molecular flexibility index (Phi) is 13.7. The Hall–Kier alpha value is 0.924. The molecule has 0 atom stereocenters. The van der Waals surface area contributed by atoms with Gasteiger partial charge in [0.15, 0.2) is 0 Å². The van der Waals surface area contributed by atoms with Crippen LogP contribution in [0.2, 0.25) is 0 Å². The van der Waals surface area contributed by atoms with Gasteiger partial charge in [0, 0.05) is 0 Å². The molecule has 58 valence electrons. The first-order valence-electron chi connectivity index (χ1n) is 1.63. The molecule has 0 aliphatic heterocycles. The van der Waals surface area contributed by atoms with E-state index in [9.17, 15) is 0 Å². The minimum absolute atomic E-state index is 0. The molecule has 0 aliphatic carbocycles. The van der Waals surface area contributed by atoms with Crippen LogP contribution in [0, 0.1) is 0 Å². The van der Waals surface area contributed by atoms with E-state index in [1.807, 2.05) is 0 Å². The first-order valence-corrected chi connectivity index (χ1v) is 3.34. The molecule has 7 nitrogen and oxygen atoms in total. The van der Waals surface area contributed by atoms with E-state index < -0.39 is 16.4 Å². The summed E-state index contributed by atoms with van der Waals surface area (Å²) in [6, 6.07) is 0. The van der Waals surface area contributed by atoms with E-state index in [2.05, 4.69) is 0 Å². The van der Waals surface area contributed by atoms with Gasteiger partial charge in [-0.05, 0) is 0 Å². The molecule has 0 aromatic heterocycles. The van der Waals surface area contributed by atoms with Gasteiger partial charge in [0.1, 0.15) is 9.05 Å². The van der Waals surface area contributed by atoms with Gasteiger partial charge in [-0.2, -0.15) is 0 Å². The molecular formula is H5BO7PbSi. The van der Waals surface area contributed by atoms with Crippen LogP contribution in [0.5, 0.6) is 0 Å². The van der Waals surface area contributed by atoms with E-state index in [0.717, 1.165) is 0 Å². The Morgan fingerprint density at radius 2 is 1.00 bits per heavy atom. The zero-order valence-electron chi connectivity index (χ0n) is 4.63. The van der Waals surface area contributed by atoms with Crippen molar-refractivity contribution in [3.8, 4) is 0 Å². The number of rotatable bonds is 0. The summed E-state index contributed by atoms with van der Waals surface area (Å²) in [5.41, 5.74) is 0. The van der Waals surface area contributed by atoms with Crippen molar-refractivity contribution in [1.82, 2.24) is 0 Å². The second kappa shape index (κ2) is 8.02. The van der Waals surface area contributed by atoms with E-state index in [0.29, 0.717) is 0 Å². The molecule has 0 aromatic carbocycles. The standard InChI is InChI=1S/BH3O3.H2O4Si.Pb/c2-1(3)4;1-5(2,3)4;/h2-4H;1-2H;/q;-2;+2. The van der Waals surface area contributed by atoms with Crippen LogP contribution in [0.25, 0.3) is 0 Å². The molecule has 5 N–H and O–H groups in total. The van der Waals surface area contributed by atoms with Gasteiger partial charge < -0.3 is 34.3 Å². The summed E-state index contributed by atoms with van der Waals surface area (Å²) in [5, 5.41) is 21.5. The molecule has 0 spiro atoms. The van der Waals surface area contributed by atoms with Crippen LogP contribution < -0.4 is 9.59 Å². The molecule has 0 bridgehead atoms. The van der Waals surface area contributed by atoms with E-state index >= 15 is 0 Å². The summed E-state index contributed by atoms with van der Waals surface area (Å²) < 4.78 is 0. The van der Waals surface area contributed by atoms with Crippen molar-refractivity contribution in [2.24, 2.45) is 0 Å². The summed E-state index contributed by atoms with van der Waals surface area (Å²) in [4.78, 5) is 31.8. The van der Waals surface area contributed by atoms with Gasteiger partial charge >= 0.3 is 34.6 Å². The van der Waals surface area contributed by atoms with E-state index in [1.165, 1.54) is 0 Å². The molecule has 0 heterocycles. The van der Waals surface area contributed by atoms with Crippen molar-refractivity contribution in [3.63, 3.8) is 0 Å². The second-order valence-electron chi connectivity index (χ2n) is 0.895. The smallest absolute Gasteiger partial charge is 0.828 e. The van der Waals surface area contributed by atoms with Gasteiger partial charge in [-0.25, -0.2) is 0 Å². The van der Waals surface area contributed by atoms with Crippen molar-refractivity contribution in [2.75, 3.05) is 0 Å². The van der Waals surface area contributed by atoms with E-state index in [-0.39, 0.29) is 27.3 Å². The Labute approximate surface area is 78.0 Å². The summed E-state index contributed by atoms with van der Waals surface area (Å²) in [6.45, 7) is 0. The first-order chi connectivity index (χ1) is 3.73. The maximum absolute atomic E-state index is 8.80. The average molecular weight is 363 g/mol. The molecule has 0 saturated heterocycles. The zero-order chi connectivity index (χ0) is 8.08. The predicted molar refractivity (Wildman–Crippen MR) is 28.4 cm³/mol. The molecule has 0 rings (SSSR count). The molecule has 0 aromatic rings. The molecular weight excluding hydrogens is 358 g/mol. The molecule has 10 heavy (non-hydrogen) atoms. The van der Waals surface area contributed by atoms with E-state index in [4.69, 9.17) is 34.3 Å². The van der Waals surface area contributed by atoms with E-state index in [1.54, 1.807) is 0 Å². The van der Waals surface area contributed by atoms with Crippen molar-refractivity contribution < 1.29 is 34.3 Å². The maximum atomic E-state index is 8.80. The Morgan fingerprint density at radius 1 is 1.00 bits per heavy atom. The third kappa shape index (κ3) is 656. The molecule has 0 fully saturated rings. The summed E-state index contributed by atoms with van der Waals surface area (Å²) in [5.74, 6) is 0. The van der Waals surface area contributed by atoms with Crippen LogP contribution in [0.3, 0.4) is 0 Å². The monoisotopic (exact) mass is 364 g/mol.